The number of aromatic nitrogens is 6. The van der Waals surface area contributed by atoms with Crippen LogP contribution in [0.15, 0.2) is 183 Å². The van der Waals surface area contributed by atoms with Crippen LogP contribution in [0.2, 0.25) is 0 Å². The topological polar surface area (TPSA) is 77.3 Å². The van der Waals surface area contributed by atoms with E-state index in [1.165, 1.54) is 132 Å². The Morgan fingerprint density at radius 1 is 0.167 bits per heavy atom. The number of benzene rings is 6. The van der Waals surface area contributed by atoms with Crippen molar-refractivity contribution in [2.75, 3.05) is 0 Å². The second-order valence-corrected chi connectivity index (χ2v) is 29.8. The van der Waals surface area contributed by atoms with Gasteiger partial charge in [0.25, 0.3) is 0 Å². The summed E-state index contributed by atoms with van der Waals surface area (Å²) in [5.41, 5.74) is 18.6. The van der Waals surface area contributed by atoms with Crippen molar-refractivity contribution in [1.29, 1.82) is 0 Å². The molecule has 0 saturated heterocycles. The van der Waals surface area contributed by atoms with Gasteiger partial charge in [-0.25, -0.2) is 0 Å². The largest absolute Gasteiger partial charge is 0.264 e. The molecule has 0 radical (unpaired) electrons. The highest BCUT2D eigenvalue weighted by Crippen LogP contribution is 2.36. The van der Waals surface area contributed by atoms with Crippen LogP contribution >= 0.6 is 0 Å². The second-order valence-electron chi connectivity index (χ2n) is 29.8. The molecule has 0 saturated carbocycles. The van der Waals surface area contributed by atoms with Crippen molar-refractivity contribution >= 4 is 64.9 Å². The Morgan fingerprint density at radius 3 is 0.630 bits per heavy atom. The molecule has 6 aromatic carbocycles. The summed E-state index contributed by atoms with van der Waals surface area (Å²) in [6.07, 6.45) is 15.6. The first kappa shape index (κ1) is 97.8. The molecular weight excluding hydrogens is 1310 g/mol. The van der Waals surface area contributed by atoms with E-state index in [0.717, 1.165) is 0 Å². The molecule has 588 valence electrons. The summed E-state index contributed by atoms with van der Waals surface area (Å²) in [6, 6.07) is 47.9. The zero-order chi connectivity index (χ0) is 82.2. The maximum absolute atomic E-state index is 4.63. The molecule has 0 aliphatic carbocycles. The van der Waals surface area contributed by atoms with Crippen LogP contribution in [0, 0.1) is 0 Å². The lowest BCUT2D eigenvalue weighted by Crippen LogP contribution is -1.98. The van der Waals surface area contributed by atoms with E-state index >= 15 is 0 Å². The Labute approximate surface area is 661 Å². The number of rotatable bonds is 12. The maximum atomic E-state index is 4.63. The molecule has 12 rings (SSSR count). The molecule has 0 N–H and O–H groups in total. The summed E-state index contributed by atoms with van der Waals surface area (Å²) in [6.45, 7) is 77.4. The van der Waals surface area contributed by atoms with Gasteiger partial charge in [0.15, 0.2) is 0 Å². The van der Waals surface area contributed by atoms with Gasteiger partial charge in [-0.15, -0.1) is 0 Å². The van der Waals surface area contributed by atoms with Crippen molar-refractivity contribution in [1.82, 2.24) is 29.9 Å². The first-order valence-corrected chi connectivity index (χ1v) is 41.9. The lowest BCUT2D eigenvalue weighted by molar-refractivity contribution is 0.818. The number of nitrogens with zero attached hydrogens (tertiary/aromatic N) is 6. The molecule has 6 heteroatoms. The zero-order valence-corrected chi connectivity index (χ0v) is 74.9. The number of fused-ring (bicyclic) bond motifs is 6. The number of hydrogen-bond donors (Lipinski definition) is 0. The highest BCUT2D eigenvalue weighted by molar-refractivity contribution is 5.92. The summed E-state index contributed by atoms with van der Waals surface area (Å²) in [7, 11) is 0. The molecule has 0 aliphatic heterocycles. The van der Waals surface area contributed by atoms with E-state index in [2.05, 4.69) is 317 Å². The first-order valence-electron chi connectivity index (χ1n) is 41.9. The van der Waals surface area contributed by atoms with Crippen LogP contribution in [0.4, 0.5) is 0 Å². The van der Waals surface area contributed by atoms with Crippen molar-refractivity contribution in [3.63, 3.8) is 0 Å². The fraction of sp³-hybridized carbons (Fsp3) is 0.471. The van der Waals surface area contributed by atoms with Crippen LogP contribution in [0.3, 0.4) is 0 Å². The minimum Gasteiger partial charge on any atom is -0.264 e. The summed E-state index contributed by atoms with van der Waals surface area (Å²) in [4.78, 5) is 26.9. The van der Waals surface area contributed by atoms with E-state index in [9.17, 15) is 0 Å². The Bertz CT molecular complexity index is 3450. The summed E-state index contributed by atoms with van der Waals surface area (Å²) in [5.74, 6) is 6.38. The predicted octanol–water partition coefficient (Wildman–Crippen LogP) is 33.0. The van der Waals surface area contributed by atoms with Gasteiger partial charge < -0.3 is 0 Å². The van der Waals surface area contributed by atoms with Gasteiger partial charge in [0.1, 0.15) is 0 Å². The molecule has 6 nitrogen and oxygen atoms in total. The van der Waals surface area contributed by atoms with E-state index in [0.29, 0.717) is 71.0 Å². The summed E-state index contributed by atoms with van der Waals surface area (Å²) < 4.78 is 0. The van der Waals surface area contributed by atoms with Crippen molar-refractivity contribution in [3.8, 4) is 0 Å². The van der Waals surface area contributed by atoms with Crippen molar-refractivity contribution in [3.05, 3.63) is 250 Å². The molecule has 108 heavy (non-hydrogen) atoms. The van der Waals surface area contributed by atoms with Crippen molar-refractivity contribution in [2.45, 2.75) is 320 Å². The second kappa shape index (κ2) is 51.2. The zero-order valence-electron chi connectivity index (χ0n) is 74.9. The van der Waals surface area contributed by atoms with Crippen LogP contribution < -0.4 is 0 Å². The predicted molar refractivity (Wildman–Crippen MR) is 488 cm³/mol. The number of hydrogen-bond acceptors (Lipinski definition) is 6. The smallest absolute Gasteiger partial charge is 0.0739 e. The lowest BCUT2D eigenvalue weighted by atomic mass is 9.90. The lowest BCUT2D eigenvalue weighted by Gasteiger charge is -2.15. The average molecular weight is 1460 g/mol. The van der Waals surface area contributed by atoms with Crippen LogP contribution in [0.5, 0.6) is 0 Å². The molecule has 0 unspecified atom stereocenters. The minimum absolute atomic E-state index is 0.478. The third-order valence-electron chi connectivity index (χ3n) is 18.5. The molecule has 0 atom stereocenters. The van der Waals surface area contributed by atoms with E-state index in [1.807, 2.05) is 145 Å². The average Bonchev–Trinajstić information content (AvgIpc) is 0.839. The maximum Gasteiger partial charge on any atom is 0.0739 e. The van der Waals surface area contributed by atoms with E-state index in [4.69, 9.17) is 0 Å². The van der Waals surface area contributed by atoms with Crippen LogP contribution in [-0.2, 0) is 0 Å². The molecule has 0 aliphatic rings. The van der Waals surface area contributed by atoms with Crippen LogP contribution in [-0.4, -0.2) is 29.9 Å². The fourth-order valence-electron chi connectivity index (χ4n) is 13.2. The molecular formula is C102H150N6. The Kier molecular flexibility index (Phi) is 46.4. The van der Waals surface area contributed by atoms with Gasteiger partial charge in [-0.3, -0.25) is 29.9 Å². The molecule has 6 aromatic heterocycles. The molecule has 6 heterocycles. The highest BCUT2D eigenvalue weighted by Gasteiger charge is 2.17. The van der Waals surface area contributed by atoms with Gasteiger partial charge in [0, 0.05) is 81.9 Å². The highest BCUT2D eigenvalue weighted by atomic mass is 14.7. The van der Waals surface area contributed by atoms with Crippen LogP contribution in [0.1, 0.15) is 387 Å². The molecule has 0 spiro atoms. The van der Waals surface area contributed by atoms with E-state index in [-0.39, 0.29) is 0 Å². The van der Waals surface area contributed by atoms with Gasteiger partial charge in [0.05, 0.1) is 22.4 Å². The van der Waals surface area contributed by atoms with Gasteiger partial charge in [0.2, 0.25) is 0 Å². The molecule has 0 bridgehead atoms. The Balaban J connectivity index is 0.000000629. The quantitative estimate of drug-likeness (QED) is 0.121. The monoisotopic (exact) mass is 1460 g/mol. The Hall–Kier alpha value is -8.22. The SMILES string of the molecule is CC.CC.CC.CC.CC.CC.CC(C)c1ccc(C(C)C)c2cnccc12.CC(C)c1ccc(C(C)C)c2cnccc12.CC(C)c1ccc(C(C)C)c2ncccc12.CC(C)c1ccc(C(C)C)c2ncccc12.CC(C)c1cnc(C(C)C)c2ccccc12.CC(C)c1cnc(C(C)C)c2ccccc12. The Morgan fingerprint density at radius 2 is 0.380 bits per heavy atom. The summed E-state index contributed by atoms with van der Waals surface area (Å²) >= 11 is 0. The first-order chi connectivity index (χ1) is 51.7. The molecule has 0 amide bonds. The van der Waals surface area contributed by atoms with Crippen LogP contribution in [0.25, 0.3) is 64.9 Å². The number of pyridine rings is 6. The van der Waals surface area contributed by atoms with Crippen molar-refractivity contribution in [2.24, 2.45) is 0 Å². The summed E-state index contributed by atoms with van der Waals surface area (Å²) in [5, 5.41) is 13.3. The molecule has 12 aromatic rings. The third kappa shape index (κ3) is 27.1. The third-order valence-corrected chi connectivity index (χ3v) is 18.5. The standard InChI is InChI=1S/6C15H19N.6C2H6/c2*1-10(2)12-5-6-13(11(3)4)15-9-16-8-7-14(12)15;2*1-10(2)12-7-8-13(11(3)4)15-14(12)6-5-9-16-15;2*1-10(2)14-9-16-15(11(3)4)13-8-6-5-7-12(13)14;6*1-2/h6*5-11H,1-4H3;6*1-2H3. The van der Waals surface area contributed by atoms with Gasteiger partial charge in [-0.05, 0) is 172 Å². The van der Waals surface area contributed by atoms with Gasteiger partial charge in [-0.2, -0.15) is 0 Å². The van der Waals surface area contributed by atoms with Gasteiger partial charge >= 0.3 is 0 Å². The minimum atomic E-state index is 0.478. The molecule has 0 fully saturated rings. The van der Waals surface area contributed by atoms with Gasteiger partial charge in [-0.1, -0.05) is 358 Å². The van der Waals surface area contributed by atoms with E-state index < -0.39 is 0 Å². The normalized spacial score (nSPS) is 10.7. The van der Waals surface area contributed by atoms with E-state index in [1.54, 1.807) is 0 Å². The fourth-order valence-corrected chi connectivity index (χ4v) is 13.2. The van der Waals surface area contributed by atoms with Crippen molar-refractivity contribution < 1.29 is 0 Å².